The molecule has 0 amide bonds. The van der Waals surface area contributed by atoms with E-state index in [1.807, 2.05) is 0 Å². The number of esters is 1. The predicted molar refractivity (Wildman–Crippen MR) is 87.9 cm³/mol. The molecule has 0 aliphatic carbocycles. The lowest BCUT2D eigenvalue weighted by Gasteiger charge is -2.28. The molecule has 0 radical (unpaired) electrons. The zero-order valence-corrected chi connectivity index (χ0v) is 14.2. The van der Waals surface area contributed by atoms with Crippen molar-refractivity contribution in [3.63, 3.8) is 0 Å². The highest BCUT2D eigenvalue weighted by molar-refractivity contribution is 7.07. The summed E-state index contributed by atoms with van der Waals surface area (Å²) < 4.78 is 5.07. The summed E-state index contributed by atoms with van der Waals surface area (Å²) in [6.45, 7) is 8.09. The zero-order valence-electron chi connectivity index (χ0n) is 13.3. The molecule has 2 aromatic heterocycles. The molecule has 0 aliphatic rings. The second-order valence-electron chi connectivity index (χ2n) is 5.28. The third-order valence-corrected chi connectivity index (χ3v) is 4.48. The number of rotatable bonds is 8. The van der Waals surface area contributed by atoms with Gasteiger partial charge in [0, 0.05) is 24.7 Å². The Bertz CT molecular complexity index is 580. The molecule has 0 aliphatic heterocycles. The van der Waals surface area contributed by atoms with Gasteiger partial charge in [-0.2, -0.15) is 16.4 Å². The number of nitrogens with one attached hydrogen (secondary N) is 1. The molecule has 1 N–H and O–H groups in total. The maximum atomic E-state index is 12.0. The van der Waals surface area contributed by atoms with Crippen LogP contribution in [-0.2, 0) is 17.8 Å². The van der Waals surface area contributed by atoms with Crippen LogP contribution in [-0.4, -0.2) is 33.7 Å². The van der Waals surface area contributed by atoms with E-state index in [1.165, 1.54) is 5.56 Å². The summed E-state index contributed by atoms with van der Waals surface area (Å²) in [5, 5.41) is 11.0. The van der Waals surface area contributed by atoms with Gasteiger partial charge >= 0.3 is 5.97 Å². The molecule has 22 heavy (non-hydrogen) atoms. The van der Waals surface area contributed by atoms with E-state index in [4.69, 9.17) is 4.74 Å². The number of hydrogen-bond donors (Lipinski definition) is 1. The lowest BCUT2D eigenvalue weighted by atomic mass is 10.1. The van der Waals surface area contributed by atoms with Gasteiger partial charge in [-0.05, 0) is 42.7 Å². The van der Waals surface area contributed by atoms with E-state index >= 15 is 0 Å². The van der Waals surface area contributed by atoms with Crippen LogP contribution in [0.3, 0.4) is 0 Å². The molecule has 2 rings (SSSR count). The molecule has 1 atom stereocenters. The Hall–Kier alpha value is -1.66. The summed E-state index contributed by atoms with van der Waals surface area (Å²) in [4.78, 5) is 14.3. The third-order valence-electron chi connectivity index (χ3n) is 3.75. The Morgan fingerprint density at radius 1 is 1.45 bits per heavy atom. The number of nitrogens with zero attached hydrogens (tertiary/aromatic N) is 2. The van der Waals surface area contributed by atoms with E-state index in [0.717, 1.165) is 18.5 Å². The van der Waals surface area contributed by atoms with Crippen molar-refractivity contribution in [1.82, 2.24) is 15.1 Å². The maximum absolute atomic E-state index is 12.0. The van der Waals surface area contributed by atoms with Gasteiger partial charge in [0.05, 0.1) is 12.8 Å². The number of aromatic amines is 1. The molecular formula is C16H23N3O2S. The molecule has 0 unspecified atom stereocenters. The molecule has 2 aromatic rings. The summed E-state index contributed by atoms with van der Waals surface area (Å²) in [6, 6.07) is 2.56. The molecule has 0 spiro atoms. The van der Waals surface area contributed by atoms with Crippen LogP contribution in [0.15, 0.2) is 23.0 Å². The van der Waals surface area contributed by atoms with Gasteiger partial charge in [0.1, 0.15) is 5.69 Å². The van der Waals surface area contributed by atoms with E-state index in [0.29, 0.717) is 24.9 Å². The molecular weight excluding hydrogens is 298 g/mol. The molecule has 0 fully saturated rings. The largest absolute Gasteiger partial charge is 0.461 e. The Morgan fingerprint density at radius 2 is 2.27 bits per heavy atom. The molecule has 0 bridgehead atoms. The first kappa shape index (κ1) is 16.7. The lowest BCUT2D eigenvalue weighted by molar-refractivity contribution is 0.0516. The van der Waals surface area contributed by atoms with Crippen molar-refractivity contribution in [3.8, 4) is 0 Å². The average Bonchev–Trinajstić information content (AvgIpc) is 3.17. The van der Waals surface area contributed by atoms with Crippen LogP contribution in [0.2, 0.25) is 0 Å². The highest BCUT2D eigenvalue weighted by atomic mass is 32.1. The van der Waals surface area contributed by atoms with Gasteiger partial charge in [-0.15, -0.1) is 0 Å². The monoisotopic (exact) mass is 321 g/mol. The van der Waals surface area contributed by atoms with Gasteiger partial charge in [0.15, 0.2) is 0 Å². The summed E-state index contributed by atoms with van der Waals surface area (Å²) in [7, 11) is 0. The SMILES string of the molecule is CCOC(=O)c1[nH]ncc1CN(Cc1ccsc1)[C@@H](C)CC. The molecule has 120 valence electrons. The number of hydrogen-bond acceptors (Lipinski definition) is 5. The van der Waals surface area contributed by atoms with Crippen LogP contribution in [0, 0.1) is 0 Å². The van der Waals surface area contributed by atoms with Crippen LogP contribution >= 0.6 is 11.3 Å². The molecule has 0 saturated carbocycles. The first-order chi connectivity index (χ1) is 10.7. The van der Waals surface area contributed by atoms with Crippen molar-refractivity contribution in [1.29, 1.82) is 0 Å². The van der Waals surface area contributed by atoms with Gasteiger partial charge in [-0.3, -0.25) is 10.00 Å². The van der Waals surface area contributed by atoms with Crippen molar-refractivity contribution >= 4 is 17.3 Å². The second-order valence-corrected chi connectivity index (χ2v) is 6.06. The summed E-state index contributed by atoms with van der Waals surface area (Å²) in [6.07, 6.45) is 2.77. The highest BCUT2D eigenvalue weighted by Gasteiger charge is 2.20. The third kappa shape index (κ3) is 4.18. The van der Waals surface area contributed by atoms with Gasteiger partial charge in [0.25, 0.3) is 0 Å². The fraction of sp³-hybridized carbons (Fsp3) is 0.500. The summed E-state index contributed by atoms with van der Waals surface area (Å²) >= 11 is 1.70. The number of thiophene rings is 1. The van der Waals surface area contributed by atoms with Crippen molar-refractivity contribution in [2.75, 3.05) is 6.61 Å². The maximum Gasteiger partial charge on any atom is 0.356 e. The Kier molecular flexibility index (Phi) is 6.15. The van der Waals surface area contributed by atoms with Crippen molar-refractivity contribution < 1.29 is 9.53 Å². The normalized spacial score (nSPS) is 12.5. The van der Waals surface area contributed by atoms with Gasteiger partial charge in [0.2, 0.25) is 0 Å². The van der Waals surface area contributed by atoms with Crippen LogP contribution in [0.4, 0.5) is 0 Å². The number of carbonyl (C=O) groups is 1. The van der Waals surface area contributed by atoms with E-state index in [1.54, 1.807) is 24.5 Å². The highest BCUT2D eigenvalue weighted by Crippen LogP contribution is 2.18. The minimum atomic E-state index is -0.338. The molecule has 0 aromatic carbocycles. The van der Waals surface area contributed by atoms with E-state index in [9.17, 15) is 4.79 Å². The van der Waals surface area contributed by atoms with Gasteiger partial charge in [-0.25, -0.2) is 4.79 Å². The van der Waals surface area contributed by atoms with Crippen molar-refractivity contribution in [2.24, 2.45) is 0 Å². The standard InChI is InChI=1S/C16H23N3O2S/c1-4-12(3)19(9-13-6-7-22-11-13)10-14-8-17-18-15(14)16(20)21-5-2/h6-8,11-12H,4-5,9-10H2,1-3H3,(H,17,18)/t12-/m0/s1. The fourth-order valence-electron chi connectivity index (χ4n) is 2.27. The molecule has 5 nitrogen and oxygen atoms in total. The second kappa shape index (κ2) is 8.10. The Morgan fingerprint density at radius 3 is 2.91 bits per heavy atom. The van der Waals surface area contributed by atoms with E-state index in [-0.39, 0.29) is 5.97 Å². The number of ether oxygens (including phenoxy) is 1. The molecule has 6 heteroatoms. The Balaban J connectivity index is 2.13. The zero-order chi connectivity index (χ0) is 15.9. The minimum Gasteiger partial charge on any atom is -0.461 e. The van der Waals surface area contributed by atoms with E-state index in [2.05, 4.69) is 45.8 Å². The Labute approximate surface area is 135 Å². The van der Waals surface area contributed by atoms with Crippen molar-refractivity contribution in [2.45, 2.75) is 46.3 Å². The van der Waals surface area contributed by atoms with Crippen LogP contribution in [0.25, 0.3) is 0 Å². The molecule has 0 saturated heterocycles. The average molecular weight is 321 g/mol. The van der Waals surface area contributed by atoms with Crippen LogP contribution < -0.4 is 0 Å². The first-order valence-corrected chi connectivity index (χ1v) is 8.54. The quantitative estimate of drug-likeness (QED) is 0.757. The topological polar surface area (TPSA) is 58.2 Å². The minimum absolute atomic E-state index is 0.338. The van der Waals surface area contributed by atoms with E-state index < -0.39 is 0 Å². The smallest absolute Gasteiger partial charge is 0.356 e. The summed E-state index contributed by atoms with van der Waals surface area (Å²) in [5.41, 5.74) is 2.64. The number of carbonyl (C=O) groups excluding carboxylic acids is 1. The van der Waals surface area contributed by atoms with Gasteiger partial charge < -0.3 is 4.74 Å². The fourth-order valence-corrected chi connectivity index (χ4v) is 2.93. The first-order valence-electron chi connectivity index (χ1n) is 7.60. The van der Waals surface area contributed by atoms with Crippen LogP contribution in [0.5, 0.6) is 0 Å². The van der Waals surface area contributed by atoms with Gasteiger partial charge in [-0.1, -0.05) is 6.92 Å². The lowest BCUT2D eigenvalue weighted by Crippen LogP contribution is -2.32. The number of aromatic nitrogens is 2. The molecule has 2 heterocycles. The van der Waals surface area contributed by atoms with Crippen molar-refractivity contribution in [3.05, 3.63) is 39.8 Å². The van der Waals surface area contributed by atoms with Crippen LogP contribution in [0.1, 0.15) is 48.8 Å². The number of H-pyrrole nitrogens is 1. The predicted octanol–water partition coefficient (Wildman–Crippen LogP) is 3.45. The summed E-state index contributed by atoms with van der Waals surface area (Å²) in [5.74, 6) is -0.338.